The Morgan fingerprint density at radius 3 is 2.55 bits per heavy atom. The Kier molecular flexibility index (Phi) is 5.23. The van der Waals surface area contributed by atoms with E-state index in [1.807, 2.05) is 25.3 Å². The van der Waals surface area contributed by atoms with Crippen molar-refractivity contribution < 1.29 is 4.52 Å². The fraction of sp³-hybridized carbons (Fsp3) is 0.462. The summed E-state index contributed by atoms with van der Waals surface area (Å²) in [7, 11) is 0. The molecule has 0 fully saturated rings. The van der Waals surface area contributed by atoms with Crippen LogP contribution < -0.4 is 10.6 Å². The molecule has 0 radical (unpaired) electrons. The van der Waals surface area contributed by atoms with E-state index in [4.69, 9.17) is 4.52 Å². The maximum Gasteiger partial charge on any atom is 0.191 e. The Morgan fingerprint density at radius 2 is 1.95 bits per heavy atom. The lowest BCUT2D eigenvalue weighted by Crippen LogP contribution is -2.07. The zero-order chi connectivity index (χ0) is 14.4. The molecule has 0 atom stereocenters. The van der Waals surface area contributed by atoms with Crippen LogP contribution in [-0.4, -0.2) is 27.9 Å². The molecular weight excluding hydrogens is 274 g/mol. The third kappa shape index (κ3) is 4.12. The fourth-order valence-electron chi connectivity index (χ4n) is 1.63. The zero-order valence-corrected chi connectivity index (χ0v) is 12.8. The molecule has 2 N–H and O–H groups in total. The average molecular weight is 293 g/mol. The van der Waals surface area contributed by atoms with Gasteiger partial charge < -0.3 is 15.2 Å². The predicted octanol–water partition coefficient (Wildman–Crippen LogP) is 2.93. The highest BCUT2D eigenvalue weighted by Crippen LogP contribution is 2.18. The molecule has 0 spiro atoms. The van der Waals surface area contributed by atoms with Crippen molar-refractivity contribution in [1.82, 2.24) is 15.1 Å². The number of aromatic nitrogens is 3. The van der Waals surface area contributed by atoms with Gasteiger partial charge in [-0.25, -0.2) is 9.97 Å². The summed E-state index contributed by atoms with van der Waals surface area (Å²) in [4.78, 5) is 8.83. The molecule has 0 unspecified atom stereocenters. The normalized spacial score (nSPS) is 10.6. The van der Waals surface area contributed by atoms with Crippen molar-refractivity contribution in [1.29, 1.82) is 0 Å². The summed E-state index contributed by atoms with van der Waals surface area (Å²) in [6, 6.07) is 3.80. The number of hydrogen-bond donors (Lipinski definition) is 2. The predicted molar refractivity (Wildman–Crippen MR) is 81.2 cm³/mol. The van der Waals surface area contributed by atoms with Gasteiger partial charge in [-0.15, -0.1) is 0 Å². The van der Waals surface area contributed by atoms with Gasteiger partial charge in [0, 0.05) is 18.7 Å². The van der Waals surface area contributed by atoms with E-state index in [0.29, 0.717) is 6.54 Å². The van der Waals surface area contributed by atoms with Crippen molar-refractivity contribution in [2.75, 3.05) is 23.4 Å². The lowest BCUT2D eigenvalue weighted by molar-refractivity contribution is 0.384. The van der Waals surface area contributed by atoms with Crippen molar-refractivity contribution >= 4 is 23.4 Å². The average Bonchev–Trinajstić information content (AvgIpc) is 2.88. The maximum absolute atomic E-state index is 5.16. The van der Waals surface area contributed by atoms with Crippen molar-refractivity contribution in [2.45, 2.75) is 32.0 Å². The molecule has 0 aromatic carbocycles. The smallest absolute Gasteiger partial charge is 0.191 e. The summed E-state index contributed by atoms with van der Waals surface area (Å²) >= 11 is 1.52. The van der Waals surface area contributed by atoms with E-state index in [9.17, 15) is 0 Å². The van der Waals surface area contributed by atoms with E-state index in [0.717, 1.165) is 41.2 Å². The van der Waals surface area contributed by atoms with Gasteiger partial charge in [-0.05, 0) is 19.6 Å². The van der Waals surface area contributed by atoms with Crippen molar-refractivity contribution in [3.63, 3.8) is 0 Å². The second-order valence-electron chi connectivity index (χ2n) is 4.34. The molecule has 0 aliphatic heterocycles. The minimum Gasteiger partial charge on any atom is -0.370 e. The third-order valence-electron chi connectivity index (χ3n) is 2.56. The molecular formula is C13H19N5OS. The minimum absolute atomic E-state index is 0.554. The van der Waals surface area contributed by atoms with Gasteiger partial charge in [-0.1, -0.05) is 23.8 Å². The second kappa shape index (κ2) is 7.14. The third-order valence-corrected chi connectivity index (χ3v) is 3.11. The molecule has 0 saturated heterocycles. The molecule has 7 heteroatoms. The minimum atomic E-state index is 0.554. The highest BCUT2D eigenvalue weighted by atomic mass is 32.2. The summed E-state index contributed by atoms with van der Waals surface area (Å²) in [5, 5.41) is 11.1. The van der Waals surface area contributed by atoms with Gasteiger partial charge >= 0.3 is 0 Å². The van der Waals surface area contributed by atoms with Crippen LogP contribution in [0.1, 0.15) is 24.8 Å². The molecule has 2 heterocycles. The highest BCUT2D eigenvalue weighted by molar-refractivity contribution is 7.98. The van der Waals surface area contributed by atoms with Crippen molar-refractivity contribution in [3.05, 3.63) is 23.6 Å². The van der Waals surface area contributed by atoms with Gasteiger partial charge in [-0.3, -0.25) is 0 Å². The molecule has 0 amide bonds. The Balaban J connectivity index is 2.05. The molecule has 2 aromatic rings. The molecule has 20 heavy (non-hydrogen) atoms. The number of nitrogens with zero attached hydrogens (tertiary/aromatic N) is 3. The van der Waals surface area contributed by atoms with Crippen LogP contribution in [0.3, 0.4) is 0 Å². The first kappa shape index (κ1) is 14.6. The number of rotatable bonds is 7. The van der Waals surface area contributed by atoms with Crippen LogP contribution in [0.15, 0.2) is 21.8 Å². The molecule has 0 saturated carbocycles. The van der Waals surface area contributed by atoms with Gasteiger partial charge in [0.25, 0.3) is 0 Å². The first-order chi connectivity index (χ1) is 9.71. The summed E-state index contributed by atoms with van der Waals surface area (Å²) in [6.45, 7) is 5.47. The second-order valence-corrected chi connectivity index (χ2v) is 5.11. The number of aryl methyl sites for hydroxylation is 1. The van der Waals surface area contributed by atoms with Crippen LogP contribution in [0.4, 0.5) is 11.6 Å². The standard InChI is InChI=1S/C13H19N5OS/c1-4-5-14-11-7-12(17-13(16-11)20-3)15-8-10-6-9(2)18-19-10/h6-7H,4-5,8H2,1-3H3,(H2,14,15,16,17). The van der Waals surface area contributed by atoms with E-state index in [1.54, 1.807) is 0 Å². The molecule has 0 aliphatic rings. The Labute approximate surface area is 122 Å². The van der Waals surface area contributed by atoms with Gasteiger partial charge in [0.1, 0.15) is 11.6 Å². The van der Waals surface area contributed by atoms with Gasteiger partial charge in [0.2, 0.25) is 0 Å². The van der Waals surface area contributed by atoms with E-state index in [-0.39, 0.29) is 0 Å². The van der Waals surface area contributed by atoms with E-state index < -0.39 is 0 Å². The highest BCUT2D eigenvalue weighted by Gasteiger charge is 2.05. The van der Waals surface area contributed by atoms with E-state index in [1.165, 1.54) is 11.8 Å². The van der Waals surface area contributed by atoms with Gasteiger partial charge in [0.05, 0.1) is 12.2 Å². The van der Waals surface area contributed by atoms with E-state index in [2.05, 4.69) is 32.7 Å². The zero-order valence-electron chi connectivity index (χ0n) is 11.9. The monoisotopic (exact) mass is 293 g/mol. The molecule has 108 valence electrons. The molecule has 0 aliphatic carbocycles. The topological polar surface area (TPSA) is 75.9 Å². The van der Waals surface area contributed by atoms with Crippen molar-refractivity contribution in [2.24, 2.45) is 0 Å². The van der Waals surface area contributed by atoms with Crippen LogP contribution >= 0.6 is 11.8 Å². The lowest BCUT2D eigenvalue weighted by Gasteiger charge is -2.09. The van der Waals surface area contributed by atoms with Crippen LogP contribution in [0.5, 0.6) is 0 Å². The number of nitrogens with one attached hydrogen (secondary N) is 2. The number of anilines is 2. The van der Waals surface area contributed by atoms with Gasteiger partial charge in [-0.2, -0.15) is 0 Å². The first-order valence-electron chi connectivity index (χ1n) is 6.54. The largest absolute Gasteiger partial charge is 0.370 e. The van der Waals surface area contributed by atoms with Gasteiger partial charge in [0.15, 0.2) is 10.9 Å². The van der Waals surface area contributed by atoms with Crippen LogP contribution in [0, 0.1) is 6.92 Å². The summed E-state index contributed by atoms with van der Waals surface area (Å²) in [5.41, 5.74) is 0.875. The Hall–Kier alpha value is -1.76. The number of hydrogen-bond acceptors (Lipinski definition) is 7. The van der Waals surface area contributed by atoms with Crippen LogP contribution in [0.2, 0.25) is 0 Å². The van der Waals surface area contributed by atoms with Crippen molar-refractivity contribution in [3.8, 4) is 0 Å². The van der Waals surface area contributed by atoms with Crippen LogP contribution in [0.25, 0.3) is 0 Å². The fourth-order valence-corrected chi connectivity index (χ4v) is 2.01. The number of thioether (sulfide) groups is 1. The summed E-state index contributed by atoms with van der Waals surface area (Å²) < 4.78 is 5.16. The molecule has 2 aromatic heterocycles. The summed E-state index contributed by atoms with van der Waals surface area (Å²) in [6.07, 6.45) is 3.02. The van der Waals surface area contributed by atoms with Crippen LogP contribution in [-0.2, 0) is 6.54 Å². The lowest BCUT2D eigenvalue weighted by atomic mass is 10.4. The SMILES string of the molecule is CCCNc1cc(NCc2cc(C)no2)nc(SC)n1. The summed E-state index contributed by atoms with van der Waals surface area (Å²) in [5.74, 6) is 2.40. The van der Waals surface area contributed by atoms with E-state index >= 15 is 0 Å². The maximum atomic E-state index is 5.16. The molecule has 6 nitrogen and oxygen atoms in total. The first-order valence-corrected chi connectivity index (χ1v) is 7.76. The Morgan fingerprint density at radius 1 is 1.20 bits per heavy atom. The Bertz CT molecular complexity index is 557. The molecule has 2 rings (SSSR count). The quantitative estimate of drug-likeness (QED) is 0.600. The molecule has 0 bridgehead atoms.